The lowest BCUT2D eigenvalue weighted by molar-refractivity contribution is 0.0777. The first-order chi connectivity index (χ1) is 6.95. The van der Waals surface area contributed by atoms with Gasteiger partial charge in [0.2, 0.25) is 0 Å². The van der Waals surface area contributed by atoms with Crippen LogP contribution in [0.2, 0.25) is 0 Å². The normalized spacial score (nSPS) is 12.2. The molecule has 4 nitrogen and oxygen atoms in total. The van der Waals surface area contributed by atoms with Crippen LogP contribution in [0, 0.1) is 6.92 Å². The fourth-order valence-corrected chi connectivity index (χ4v) is 1.32. The predicted molar refractivity (Wildman–Crippen MR) is 61.8 cm³/mol. The van der Waals surface area contributed by atoms with E-state index in [2.05, 4.69) is 0 Å². The van der Waals surface area contributed by atoms with Gasteiger partial charge in [-0.05, 0) is 19.9 Å². The summed E-state index contributed by atoms with van der Waals surface area (Å²) in [6.07, 6.45) is 1.49. The van der Waals surface area contributed by atoms with E-state index in [1.165, 1.54) is 11.2 Å². The monoisotopic (exact) mass is 226 g/mol. The lowest BCUT2D eigenvalue weighted by Gasteiger charge is -2.23. The van der Waals surface area contributed by atoms with E-state index in [9.17, 15) is 4.79 Å². The molecule has 2 N–H and O–H groups in total. The molecule has 0 saturated heterocycles. The molecule has 0 aromatic carbocycles. The number of hydrogen-bond acceptors (Lipinski definition) is 3. The molecule has 0 saturated carbocycles. The van der Waals surface area contributed by atoms with Gasteiger partial charge in [-0.2, -0.15) is 0 Å². The molecule has 1 rings (SSSR count). The fraction of sp³-hybridized carbons (Fsp3) is 0.400. The van der Waals surface area contributed by atoms with E-state index in [-0.39, 0.29) is 11.9 Å². The Bertz CT molecular complexity index is 387. The minimum absolute atomic E-state index is 0.137. The molecule has 0 aliphatic rings. The van der Waals surface area contributed by atoms with Crippen LogP contribution < -0.4 is 5.73 Å². The zero-order valence-corrected chi connectivity index (χ0v) is 9.80. The van der Waals surface area contributed by atoms with Gasteiger partial charge in [0.25, 0.3) is 5.91 Å². The Hall–Kier alpha value is -1.36. The minimum Gasteiger partial charge on any atom is -0.469 e. The van der Waals surface area contributed by atoms with Crippen molar-refractivity contribution in [2.45, 2.75) is 19.9 Å². The lowest BCUT2D eigenvalue weighted by Crippen LogP contribution is -2.42. The van der Waals surface area contributed by atoms with Crippen LogP contribution in [0.4, 0.5) is 0 Å². The lowest BCUT2D eigenvalue weighted by atomic mass is 10.2. The zero-order valence-electron chi connectivity index (χ0n) is 8.98. The molecule has 1 unspecified atom stereocenters. The molecule has 0 spiro atoms. The van der Waals surface area contributed by atoms with E-state index in [0.29, 0.717) is 16.3 Å². The van der Waals surface area contributed by atoms with Gasteiger partial charge in [0.15, 0.2) is 0 Å². The van der Waals surface area contributed by atoms with Gasteiger partial charge in [0.1, 0.15) is 5.76 Å². The summed E-state index contributed by atoms with van der Waals surface area (Å²) in [5, 5.41) is 0. The molecule has 15 heavy (non-hydrogen) atoms. The van der Waals surface area contributed by atoms with Crippen LogP contribution in [0.1, 0.15) is 23.0 Å². The van der Waals surface area contributed by atoms with Gasteiger partial charge in [-0.3, -0.25) is 4.79 Å². The van der Waals surface area contributed by atoms with Crippen LogP contribution in [0.15, 0.2) is 16.7 Å². The predicted octanol–water partition coefficient (Wildman–Crippen LogP) is 1.33. The summed E-state index contributed by atoms with van der Waals surface area (Å²) >= 11 is 4.84. The molecule has 0 bridgehead atoms. The number of nitrogens with two attached hydrogens (primary N) is 1. The van der Waals surface area contributed by atoms with Crippen molar-refractivity contribution in [3.63, 3.8) is 0 Å². The molecule has 0 aliphatic carbocycles. The smallest absolute Gasteiger partial charge is 0.257 e. The van der Waals surface area contributed by atoms with Crippen molar-refractivity contribution in [3.8, 4) is 0 Å². The average molecular weight is 226 g/mol. The molecular formula is C10H14N2O2S. The van der Waals surface area contributed by atoms with Gasteiger partial charge in [0, 0.05) is 7.05 Å². The maximum Gasteiger partial charge on any atom is 0.257 e. The van der Waals surface area contributed by atoms with E-state index >= 15 is 0 Å². The van der Waals surface area contributed by atoms with Gasteiger partial charge in [-0.25, -0.2) is 0 Å². The molecule has 0 radical (unpaired) electrons. The number of furan rings is 1. The Morgan fingerprint density at radius 2 is 2.27 bits per heavy atom. The summed E-state index contributed by atoms with van der Waals surface area (Å²) in [4.78, 5) is 13.7. The molecule has 82 valence electrons. The number of amides is 1. The van der Waals surface area contributed by atoms with Crippen molar-refractivity contribution in [2.75, 3.05) is 7.05 Å². The van der Waals surface area contributed by atoms with Crippen LogP contribution in [-0.4, -0.2) is 28.9 Å². The number of thiocarbonyl (C=S) groups is 1. The van der Waals surface area contributed by atoms with Crippen LogP contribution in [-0.2, 0) is 0 Å². The highest BCUT2D eigenvalue weighted by Crippen LogP contribution is 2.12. The molecule has 1 heterocycles. The molecule has 0 fully saturated rings. The van der Waals surface area contributed by atoms with Crippen molar-refractivity contribution in [1.82, 2.24) is 4.90 Å². The number of rotatable bonds is 3. The first-order valence-electron chi connectivity index (χ1n) is 4.55. The molecule has 1 aromatic heterocycles. The molecule has 1 aromatic rings. The van der Waals surface area contributed by atoms with Crippen LogP contribution in [0.5, 0.6) is 0 Å². The Balaban J connectivity index is 2.86. The van der Waals surface area contributed by atoms with Crippen LogP contribution in [0.3, 0.4) is 0 Å². The highest BCUT2D eigenvalue weighted by Gasteiger charge is 2.21. The third kappa shape index (κ3) is 2.36. The first kappa shape index (κ1) is 11.7. The van der Waals surface area contributed by atoms with E-state index in [0.717, 1.165) is 0 Å². The fourth-order valence-electron chi connectivity index (χ4n) is 1.16. The van der Waals surface area contributed by atoms with Gasteiger partial charge < -0.3 is 15.1 Å². The summed E-state index contributed by atoms with van der Waals surface area (Å²) in [6.45, 7) is 3.53. The maximum atomic E-state index is 11.9. The largest absolute Gasteiger partial charge is 0.469 e. The van der Waals surface area contributed by atoms with Crippen molar-refractivity contribution in [3.05, 3.63) is 23.7 Å². The van der Waals surface area contributed by atoms with Crippen molar-refractivity contribution >= 4 is 23.1 Å². The topological polar surface area (TPSA) is 59.5 Å². The Morgan fingerprint density at radius 1 is 1.67 bits per heavy atom. The highest BCUT2D eigenvalue weighted by atomic mass is 32.1. The number of aryl methyl sites for hydroxylation is 1. The van der Waals surface area contributed by atoms with Crippen molar-refractivity contribution < 1.29 is 9.21 Å². The summed E-state index contributed by atoms with van der Waals surface area (Å²) in [5.41, 5.74) is 6.02. The summed E-state index contributed by atoms with van der Waals surface area (Å²) in [7, 11) is 1.67. The number of hydrogen-bond donors (Lipinski definition) is 1. The summed E-state index contributed by atoms with van der Waals surface area (Å²) in [5.74, 6) is 0.462. The molecule has 0 aliphatic heterocycles. The maximum absolute atomic E-state index is 11.9. The van der Waals surface area contributed by atoms with Gasteiger partial charge in [-0.15, -0.1) is 0 Å². The first-order valence-corrected chi connectivity index (χ1v) is 4.96. The second-order valence-electron chi connectivity index (χ2n) is 3.38. The number of carbonyl (C=O) groups excluding carboxylic acids is 1. The molecular weight excluding hydrogens is 212 g/mol. The highest BCUT2D eigenvalue weighted by molar-refractivity contribution is 7.80. The third-order valence-electron chi connectivity index (χ3n) is 2.40. The Morgan fingerprint density at radius 3 is 2.67 bits per heavy atom. The number of nitrogens with zero attached hydrogens (tertiary/aromatic N) is 1. The van der Waals surface area contributed by atoms with E-state index in [1.807, 2.05) is 0 Å². The SMILES string of the molecule is Cc1occc1C(=O)N(C)C(C)C(N)=S. The second-order valence-corrected chi connectivity index (χ2v) is 3.86. The standard InChI is InChI=1S/C10H14N2O2S/c1-6(9(11)15)12(3)10(13)8-4-5-14-7(8)2/h4-6H,1-3H3,(H2,11,15). The van der Waals surface area contributed by atoms with Gasteiger partial charge >= 0.3 is 0 Å². The Kier molecular flexibility index (Phi) is 3.47. The summed E-state index contributed by atoms with van der Waals surface area (Å²) in [6, 6.07) is 1.38. The zero-order chi connectivity index (χ0) is 11.6. The minimum atomic E-state index is -0.262. The molecule has 5 heteroatoms. The average Bonchev–Trinajstić information content (AvgIpc) is 2.60. The van der Waals surface area contributed by atoms with Gasteiger partial charge in [-0.1, -0.05) is 12.2 Å². The van der Waals surface area contributed by atoms with Gasteiger partial charge in [0.05, 0.1) is 22.9 Å². The van der Waals surface area contributed by atoms with Crippen LogP contribution >= 0.6 is 12.2 Å². The quantitative estimate of drug-likeness (QED) is 0.790. The Labute approximate surface area is 94.0 Å². The van der Waals surface area contributed by atoms with Crippen molar-refractivity contribution in [1.29, 1.82) is 0 Å². The van der Waals surface area contributed by atoms with E-state index < -0.39 is 0 Å². The van der Waals surface area contributed by atoms with E-state index in [4.69, 9.17) is 22.4 Å². The van der Waals surface area contributed by atoms with Crippen molar-refractivity contribution in [2.24, 2.45) is 5.73 Å². The summed E-state index contributed by atoms with van der Waals surface area (Å²) < 4.78 is 5.06. The third-order valence-corrected chi connectivity index (χ3v) is 2.74. The second kappa shape index (κ2) is 4.44. The number of likely N-dealkylation sites (N-methyl/N-ethyl adjacent to an activating group) is 1. The molecule has 1 amide bonds. The van der Waals surface area contributed by atoms with E-state index in [1.54, 1.807) is 27.0 Å². The molecule has 1 atom stereocenters. The van der Waals surface area contributed by atoms with Crippen LogP contribution in [0.25, 0.3) is 0 Å². The number of carbonyl (C=O) groups is 1.